The van der Waals surface area contributed by atoms with Crippen LogP contribution < -0.4 is 37.2 Å². The summed E-state index contributed by atoms with van der Waals surface area (Å²) in [6, 6.07) is 6.00. The molecule has 9 heteroatoms. The molecular formula is C17H21Cl3N5V-3. The smallest absolute Gasteiger partial charge is 0.158 e. The van der Waals surface area contributed by atoms with Gasteiger partial charge < -0.3 is 46.4 Å². The monoisotopic (exact) mass is 451 g/mol. The van der Waals surface area contributed by atoms with Crippen molar-refractivity contribution >= 4 is 0 Å². The van der Waals surface area contributed by atoms with Crippen molar-refractivity contribution in [2.24, 2.45) is 14.1 Å². The molecular weight excluding hydrogens is 432 g/mol. The Hall–Kier alpha value is -0.976. The summed E-state index contributed by atoms with van der Waals surface area (Å²) < 4.78 is 4.16. The van der Waals surface area contributed by atoms with Gasteiger partial charge >= 0.3 is 0 Å². The normalized spacial score (nSPS) is 9.46. The molecule has 0 spiro atoms. The summed E-state index contributed by atoms with van der Waals surface area (Å²) in [6.07, 6.45) is 0. The molecule has 1 radical (unpaired) electrons. The van der Waals surface area contributed by atoms with Crippen LogP contribution in [0.5, 0.6) is 0 Å². The minimum Gasteiger partial charge on any atom is -1.00 e. The van der Waals surface area contributed by atoms with E-state index >= 15 is 0 Å². The molecule has 5 nitrogen and oxygen atoms in total. The van der Waals surface area contributed by atoms with Crippen molar-refractivity contribution in [2.45, 2.75) is 27.7 Å². The Balaban J connectivity index is 0. The zero-order chi connectivity index (χ0) is 16.0. The van der Waals surface area contributed by atoms with Crippen LogP contribution in [0.2, 0.25) is 0 Å². The second-order valence-electron chi connectivity index (χ2n) is 5.74. The Morgan fingerprint density at radius 2 is 1.00 bits per heavy atom. The van der Waals surface area contributed by atoms with Gasteiger partial charge in [-0.15, -0.1) is 0 Å². The summed E-state index contributed by atoms with van der Waals surface area (Å²) in [5.74, 6) is 1.78. The van der Waals surface area contributed by atoms with Gasteiger partial charge in [0.05, 0.1) is 11.4 Å². The molecule has 143 valence electrons. The summed E-state index contributed by atoms with van der Waals surface area (Å²) in [4.78, 5) is 14.0. The number of aromatic nitrogens is 5. The fourth-order valence-corrected chi connectivity index (χ4v) is 2.57. The van der Waals surface area contributed by atoms with Gasteiger partial charge in [0.1, 0.15) is 11.4 Å². The molecule has 0 aliphatic rings. The van der Waals surface area contributed by atoms with Crippen LogP contribution in [-0.4, -0.2) is 24.1 Å². The zero-order valence-electron chi connectivity index (χ0n) is 15.5. The Morgan fingerprint density at radius 3 is 1.27 bits per heavy atom. The Kier molecular flexibility index (Phi) is 10.9. The molecule has 0 aromatic carbocycles. The molecule has 0 saturated carbocycles. The Labute approximate surface area is 185 Å². The summed E-state index contributed by atoms with van der Waals surface area (Å²) in [6.45, 7) is 8.19. The number of hydrogen-bond acceptors (Lipinski definition) is 3. The van der Waals surface area contributed by atoms with Crippen LogP contribution in [0.25, 0.3) is 23.0 Å². The predicted octanol–water partition coefficient (Wildman–Crippen LogP) is -5.87. The maximum absolute atomic E-state index is 4.78. The second kappa shape index (κ2) is 10.4. The van der Waals surface area contributed by atoms with Crippen molar-refractivity contribution in [3.05, 3.63) is 41.0 Å². The van der Waals surface area contributed by atoms with E-state index in [9.17, 15) is 0 Å². The van der Waals surface area contributed by atoms with E-state index in [0.29, 0.717) is 0 Å². The van der Waals surface area contributed by atoms with Crippen LogP contribution >= 0.6 is 0 Å². The molecule has 26 heavy (non-hydrogen) atoms. The van der Waals surface area contributed by atoms with Gasteiger partial charge in [-0.25, -0.2) is 15.0 Å². The molecule has 3 aromatic rings. The van der Waals surface area contributed by atoms with E-state index < -0.39 is 0 Å². The summed E-state index contributed by atoms with van der Waals surface area (Å²) >= 11 is 0. The van der Waals surface area contributed by atoms with Gasteiger partial charge in [-0.1, -0.05) is 6.07 Å². The molecule has 0 unspecified atom stereocenters. The number of pyridine rings is 1. The molecule has 3 rings (SSSR count). The van der Waals surface area contributed by atoms with E-state index in [-0.39, 0.29) is 55.8 Å². The van der Waals surface area contributed by atoms with Crippen LogP contribution in [0.3, 0.4) is 0 Å². The van der Waals surface area contributed by atoms with Crippen LogP contribution in [-0.2, 0) is 32.7 Å². The minimum atomic E-state index is 0. The Bertz CT molecular complexity index is 806. The maximum atomic E-state index is 4.78. The largest absolute Gasteiger partial charge is 1.00 e. The molecule has 0 fully saturated rings. The molecule has 0 bridgehead atoms. The number of nitrogens with zero attached hydrogens (tertiary/aromatic N) is 5. The number of aryl methyl sites for hydroxylation is 2. The third-order valence-electron chi connectivity index (χ3n) is 4.44. The predicted molar refractivity (Wildman–Crippen MR) is 87.6 cm³/mol. The average Bonchev–Trinajstić information content (AvgIpc) is 2.92. The zero-order valence-corrected chi connectivity index (χ0v) is 19.2. The second-order valence-corrected chi connectivity index (χ2v) is 5.74. The van der Waals surface area contributed by atoms with Crippen molar-refractivity contribution in [1.82, 2.24) is 24.1 Å². The van der Waals surface area contributed by atoms with Gasteiger partial charge in [0.25, 0.3) is 0 Å². The van der Waals surface area contributed by atoms with Gasteiger partial charge in [-0.3, -0.25) is 0 Å². The first-order chi connectivity index (χ1) is 10.4. The van der Waals surface area contributed by atoms with Crippen LogP contribution in [0.1, 0.15) is 22.8 Å². The fraction of sp³-hybridized carbons (Fsp3) is 0.353. The van der Waals surface area contributed by atoms with E-state index in [1.165, 1.54) is 0 Å². The number of hydrogen-bond donors (Lipinski definition) is 0. The summed E-state index contributed by atoms with van der Waals surface area (Å²) in [5.41, 5.74) is 6.13. The average molecular weight is 453 g/mol. The third-order valence-corrected chi connectivity index (χ3v) is 4.44. The van der Waals surface area contributed by atoms with Gasteiger partial charge in [-0.2, -0.15) is 0 Å². The van der Waals surface area contributed by atoms with Crippen molar-refractivity contribution in [3.8, 4) is 23.0 Å². The first-order valence-corrected chi connectivity index (χ1v) is 7.37. The van der Waals surface area contributed by atoms with Crippen LogP contribution in [0, 0.1) is 27.7 Å². The quantitative estimate of drug-likeness (QED) is 0.389. The molecule has 0 saturated heterocycles. The number of imidazole rings is 2. The molecule has 0 aliphatic heterocycles. The van der Waals surface area contributed by atoms with Gasteiger partial charge in [0, 0.05) is 44.0 Å². The van der Waals surface area contributed by atoms with Gasteiger partial charge in [-0.05, 0) is 39.8 Å². The van der Waals surface area contributed by atoms with Crippen molar-refractivity contribution in [2.75, 3.05) is 0 Å². The topological polar surface area (TPSA) is 48.5 Å². The summed E-state index contributed by atoms with van der Waals surface area (Å²) in [5, 5.41) is 0. The number of halogens is 3. The summed E-state index contributed by atoms with van der Waals surface area (Å²) in [7, 11) is 4.04. The third kappa shape index (κ3) is 4.65. The van der Waals surface area contributed by atoms with Crippen molar-refractivity contribution < 1.29 is 55.8 Å². The maximum Gasteiger partial charge on any atom is 0.158 e. The molecule has 3 aromatic heterocycles. The Morgan fingerprint density at radius 1 is 0.654 bits per heavy atom. The van der Waals surface area contributed by atoms with Gasteiger partial charge in [0.15, 0.2) is 11.6 Å². The van der Waals surface area contributed by atoms with E-state index in [1.54, 1.807) is 0 Å². The van der Waals surface area contributed by atoms with E-state index in [4.69, 9.17) is 4.98 Å². The van der Waals surface area contributed by atoms with E-state index in [0.717, 1.165) is 45.8 Å². The van der Waals surface area contributed by atoms with E-state index in [1.807, 2.05) is 46.1 Å². The van der Waals surface area contributed by atoms with Crippen molar-refractivity contribution in [3.63, 3.8) is 0 Å². The molecule has 3 heterocycles. The van der Waals surface area contributed by atoms with E-state index in [2.05, 4.69) is 32.9 Å². The molecule has 0 atom stereocenters. The minimum absolute atomic E-state index is 0. The van der Waals surface area contributed by atoms with Gasteiger partial charge in [0.2, 0.25) is 0 Å². The SMILES string of the molecule is Cc1nc(-c2cccc(-c3nc(C)c(C)n3C)n2)n(C)c1C.[Cl-].[Cl-].[Cl-].[V]. The first kappa shape index (κ1) is 27.2. The molecule has 0 aliphatic carbocycles. The fourth-order valence-electron chi connectivity index (χ4n) is 2.57. The molecule has 0 amide bonds. The van der Waals surface area contributed by atoms with Crippen LogP contribution in [0.4, 0.5) is 0 Å². The number of rotatable bonds is 2. The van der Waals surface area contributed by atoms with Crippen molar-refractivity contribution in [1.29, 1.82) is 0 Å². The molecule has 0 N–H and O–H groups in total. The van der Waals surface area contributed by atoms with Crippen LogP contribution in [0.15, 0.2) is 18.2 Å². The first-order valence-electron chi connectivity index (χ1n) is 7.37. The standard InChI is InChI=1S/C17H21N5.3ClH.V/c1-10-12(3)21(5)16(18-10)14-8-7-9-15(20-14)17-19-11(2)13(4)22(17)6;;;;/h7-9H,1-6H3;3*1H;/p-3.